The molecule has 0 aliphatic carbocycles. The summed E-state index contributed by atoms with van der Waals surface area (Å²) in [6.07, 6.45) is 0.689. The topological polar surface area (TPSA) is 79.8 Å². The quantitative estimate of drug-likeness (QED) is 0.677. The predicted molar refractivity (Wildman–Crippen MR) is 85.9 cm³/mol. The van der Waals surface area contributed by atoms with Gasteiger partial charge in [0.2, 0.25) is 0 Å². The van der Waals surface area contributed by atoms with Gasteiger partial charge < -0.3 is 9.52 Å². The van der Waals surface area contributed by atoms with Gasteiger partial charge in [0.05, 0.1) is 23.1 Å². The summed E-state index contributed by atoms with van der Waals surface area (Å²) in [5.74, 6) is 1.60. The van der Waals surface area contributed by atoms with E-state index in [1.165, 1.54) is 6.07 Å². The molecule has 1 fully saturated rings. The number of benzene rings is 1. The molecule has 23 heavy (non-hydrogen) atoms. The SMILES string of the molecule is CC(O)C1CCN(Cc2ccc(-c3ccccc3[N+](=O)[O-])o2)C1. The van der Waals surface area contributed by atoms with Crippen LogP contribution in [0.25, 0.3) is 11.3 Å². The highest BCUT2D eigenvalue weighted by molar-refractivity contribution is 5.69. The molecule has 0 bridgehead atoms. The number of nitro groups is 1. The van der Waals surface area contributed by atoms with Gasteiger partial charge in [-0.15, -0.1) is 0 Å². The van der Waals surface area contributed by atoms with Crippen LogP contribution in [0, 0.1) is 16.0 Å². The standard InChI is InChI=1S/C17H20N2O4/c1-12(20)13-8-9-18(10-13)11-14-6-7-17(23-14)15-4-2-3-5-16(15)19(21)22/h2-7,12-13,20H,8-11H2,1H3. The van der Waals surface area contributed by atoms with E-state index in [1.807, 2.05) is 13.0 Å². The van der Waals surface area contributed by atoms with Crippen LogP contribution in [0.4, 0.5) is 5.69 Å². The highest BCUT2D eigenvalue weighted by Crippen LogP contribution is 2.31. The first kappa shape index (κ1) is 15.7. The zero-order chi connectivity index (χ0) is 16.4. The molecule has 6 heteroatoms. The zero-order valence-electron chi connectivity index (χ0n) is 13.0. The Kier molecular flexibility index (Phi) is 4.45. The molecule has 2 heterocycles. The first-order chi connectivity index (χ1) is 11.0. The van der Waals surface area contributed by atoms with Crippen LogP contribution >= 0.6 is 0 Å². The third kappa shape index (κ3) is 3.43. The third-order valence-corrected chi connectivity index (χ3v) is 4.40. The smallest absolute Gasteiger partial charge is 0.280 e. The second kappa shape index (κ2) is 6.52. The molecule has 0 amide bonds. The summed E-state index contributed by atoms with van der Waals surface area (Å²) in [6, 6.07) is 10.2. The van der Waals surface area contributed by atoms with Gasteiger partial charge in [0.15, 0.2) is 0 Å². The zero-order valence-corrected chi connectivity index (χ0v) is 13.0. The van der Waals surface area contributed by atoms with E-state index in [9.17, 15) is 15.2 Å². The van der Waals surface area contributed by atoms with Gasteiger partial charge in [0, 0.05) is 12.6 Å². The van der Waals surface area contributed by atoms with Crippen LogP contribution in [0.5, 0.6) is 0 Å². The maximum atomic E-state index is 11.1. The van der Waals surface area contributed by atoms with E-state index in [1.54, 1.807) is 24.3 Å². The largest absolute Gasteiger partial charge is 0.459 e. The van der Waals surface area contributed by atoms with Gasteiger partial charge in [-0.1, -0.05) is 12.1 Å². The number of furan rings is 1. The average Bonchev–Trinajstić information content (AvgIpc) is 3.17. The molecule has 1 aliphatic rings. The molecule has 0 saturated carbocycles. The average molecular weight is 316 g/mol. The minimum absolute atomic E-state index is 0.0451. The summed E-state index contributed by atoms with van der Waals surface area (Å²) >= 11 is 0. The van der Waals surface area contributed by atoms with Crippen LogP contribution in [-0.2, 0) is 6.54 Å². The van der Waals surface area contributed by atoms with Gasteiger partial charge in [-0.2, -0.15) is 0 Å². The second-order valence-corrected chi connectivity index (χ2v) is 6.06. The molecule has 1 aromatic heterocycles. The molecule has 122 valence electrons. The van der Waals surface area contributed by atoms with E-state index in [0.717, 1.165) is 25.3 Å². The molecule has 1 saturated heterocycles. The van der Waals surface area contributed by atoms with Gasteiger partial charge in [-0.3, -0.25) is 15.0 Å². The highest BCUT2D eigenvalue weighted by atomic mass is 16.6. The van der Waals surface area contributed by atoms with Gasteiger partial charge in [-0.05, 0) is 44.0 Å². The lowest BCUT2D eigenvalue weighted by Crippen LogP contribution is -2.23. The molecule has 6 nitrogen and oxygen atoms in total. The molecule has 1 aliphatic heterocycles. The summed E-state index contributed by atoms with van der Waals surface area (Å²) in [7, 11) is 0. The molecule has 0 radical (unpaired) electrons. The van der Waals surface area contributed by atoms with Crippen molar-refractivity contribution in [2.45, 2.75) is 26.0 Å². The van der Waals surface area contributed by atoms with E-state index >= 15 is 0 Å². The number of hydrogen-bond donors (Lipinski definition) is 1. The Morgan fingerprint density at radius 1 is 1.39 bits per heavy atom. The lowest BCUT2D eigenvalue weighted by molar-refractivity contribution is -0.384. The number of aliphatic hydroxyl groups is 1. The second-order valence-electron chi connectivity index (χ2n) is 6.06. The molecule has 2 aromatic rings. The molecular weight excluding hydrogens is 296 g/mol. The number of para-hydroxylation sites is 1. The summed E-state index contributed by atoms with van der Waals surface area (Å²) in [5, 5.41) is 20.8. The van der Waals surface area contributed by atoms with Crippen molar-refractivity contribution >= 4 is 5.69 Å². The van der Waals surface area contributed by atoms with Gasteiger partial charge in [-0.25, -0.2) is 0 Å². The minimum atomic E-state index is -0.398. The number of hydrogen-bond acceptors (Lipinski definition) is 5. The Labute approximate surface area is 134 Å². The lowest BCUT2D eigenvalue weighted by atomic mass is 10.0. The van der Waals surface area contributed by atoms with Crippen molar-refractivity contribution < 1.29 is 14.4 Å². The lowest BCUT2D eigenvalue weighted by Gasteiger charge is -2.15. The summed E-state index contributed by atoms with van der Waals surface area (Å²) in [5.41, 5.74) is 0.538. The van der Waals surface area contributed by atoms with Gasteiger partial charge in [0.25, 0.3) is 5.69 Å². The summed E-state index contributed by atoms with van der Waals surface area (Å²) in [6.45, 7) is 4.26. The first-order valence-electron chi connectivity index (χ1n) is 7.77. The molecule has 2 unspecified atom stereocenters. The number of likely N-dealkylation sites (tertiary alicyclic amines) is 1. The third-order valence-electron chi connectivity index (χ3n) is 4.40. The van der Waals surface area contributed by atoms with Crippen molar-refractivity contribution in [1.29, 1.82) is 0 Å². The first-order valence-corrected chi connectivity index (χ1v) is 7.77. The number of nitrogens with zero attached hydrogens (tertiary/aromatic N) is 2. The van der Waals surface area contributed by atoms with Crippen LogP contribution in [0.15, 0.2) is 40.8 Å². The number of aliphatic hydroxyl groups excluding tert-OH is 1. The van der Waals surface area contributed by atoms with E-state index in [0.29, 0.717) is 23.8 Å². The number of rotatable bonds is 5. The highest BCUT2D eigenvalue weighted by Gasteiger charge is 2.26. The summed E-state index contributed by atoms with van der Waals surface area (Å²) < 4.78 is 5.81. The molecule has 1 N–H and O–H groups in total. The molecule has 0 spiro atoms. The monoisotopic (exact) mass is 316 g/mol. The molecular formula is C17H20N2O4. The van der Waals surface area contributed by atoms with Crippen molar-refractivity contribution in [2.24, 2.45) is 5.92 Å². The van der Waals surface area contributed by atoms with Crippen molar-refractivity contribution in [3.8, 4) is 11.3 Å². The minimum Gasteiger partial charge on any atom is -0.459 e. The van der Waals surface area contributed by atoms with Crippen LogP contribution < -0.4 is 0 Å². The van der Waals surface area contributed by atoms with Gasteiger partial charge >= 0.3 is 0 Å². The fraction of sp³-hybridized carbons (Fsp3) is 0.412. The van der Waals surface area contributed by atoms with E-state index in [-0.39, 0.29) is 11.8 Å². The fourth-order valence-electron chi connectivity index (χ4n) is 3.07. The van der Waals surface area contributed by atoms with Crippen LogP contribution in [0.3, 0.4) is 0 Å². The van der Waals surface area contributed by atoms with Crippen molar-refractivity contribution in [2.75, 3.05) is 13.1 Å². The predicted octanol–water partition coefficient (Wildman–Crippen LogP) is 3.06. The fourth-order valence-corrected chi connectivity index (χ4v) is 3.07. The maximum absolute atomic E-state index is 11.1. The Bertz CT molecular complexity index is 695. The number of nitro benzene ring substituents is 1. The van der Waals surface area contributed by atoms with Crippen molar-refractivity contribution in [3.63, 3.8) is 0 Å². The van der Waals surface area contributed by atoms with Crippen LogP contribution in [0.2, 0.25) is 0 Å². The Morgan fingerprint density at radius 2 is 2.17 bits per heavy atom. The Morgan fingerprint density at radius 3 is 2.87 bits per heavy atom. The Hall–Kier alpha value is -2.18. The van der Waals surface area contributed by atoms with Crippen LogP contribution in [0.1, 0.15) is 19.1 Å². The van der Waals surface area contributed by atoms with E-state index in [4.69, 9.17) is 4.42 Å². The normalized spacial score (nSPS) is 19.8. The van der Waals surface area contributed by atoms with E-state index < -0.39 is 4.92 Å². The van der Waals surface area contributed by atoms with Gasteiger partial charge in [0.1, 0.15) is 11.5 Å². The summed E-state index contributed by atoms with van der Waals surface area (Å²) in [4.78, 5) is 13.0. The van der Waals surface area contributed by atoms with Crippen molar-refractivity contribution in [3.05, 3.63) is 52.3 Å². The Balaban J connectivity index is 1.73. The molecule has 2 atom stereocenters. The van der Waals surface area contributed by atoms with Crippen LogP contribution in [-0.4, -0.2) is 34.1 Å². The van der Waals surface area contributed by atoms with Crippen molar-refractivity contribution in [1.82, 2.24) is 4.90 Å². The molecule has 1 aromatic carbocycles. The molecule has 3 rings (SSSR count). The van der Waals surface area contributed by atoms with E-state index in [2.05, 4.69) is 4.90 Å². The maximum Gasteiger partial charge on any atom is 0.280 e.